The third kappa shape index (κ3) is 6.13. The maximum atomic E-state index is 12.1. The first-order valence-corrected chi connectivity index (χ1v) is 7.47. The highest BCUT2D eigenvalue weighted by Gasteiger charge is 2.21. The maximum Gasteiger partial charge on any atom is 0.251 e. The minimum absolute atomic E-state index is 0.0235. The van der Waals surface area contributed by atoms with Crippen molar-refractivity contribution in [3.63, 3.8) is 0 Å². The molecule has 0 aromatic heterocycles. The number of nitrogens with two attached hydrogens (primary N) is 2. The van der Waals surface area contributed by atoms with Crippen LogP contribution in [0, 0.1) is 5.92 Å². The first-order valence-electron chi connectivity index (χ1n) is 6.94. The monoisotopic (exact) mass is 324 g/mol. The van der Waals surface area contributed by atoms with Gasteiger partial charge < -0.3 is 16.8 Å². The number of hydrogen-bond donors (Lipinski definition) is 3. The van der Waals surface area contributed by atoms with Crippen LogP contribution in [0.15, 0.2) is 35.3 Å². The van der Waals surface area contributed by atoms with E-state index in [0.29, 0.717) is 24.4 Å². The fraction of sp³-hybridized carbons (Fsp3) is 0.400. The van der Waals surface area contributed by atoms with Crippen molar-refractivity contribution in [3.8, 4) is 0 Å². The Morgan fingerprint density at radius 3 is 2.45 bits per heavy atom. The number of benzene rings is 1. The van der Waals surface area contributed by atoms with Crippen LogP contribution in [0.25, 0.3) is 0 Å². The number of rotatable bonds is 8. The van der Waals surface area contributed by atoms with Crippen molar-refractivity contribution in [3.05, 3.63) is 35.9 Å². The second-order valence-electron chi connectivity index (χ2n) is 5.10. The third-order valence-corrected chi connectivity index (χ3v) is 3.34. The Kier molecular flexibility index (Phi) is 7.39. The van der Waals surface area contributed by atoms with E-state index in [1.807, 2.05) is 13.0 Å². The van der Waals surface area contributed by atoms with Crippen molar-refractivity contribution in [1.29, 1.82) is 0 Å². The largest absolute Gasteiger partial charge is 0.386 e. The minimum Gasteiger partial charge on any atom is -0.386 e. The number of nitrogens with zero attached hydrogens (tertiary/aromatic N) is 1. The summed E-state index contributed by atoms with van der Waals surface area (Å²) in [6, 6.07) is 7.89. The predicted molar refractivity (Wildman–Crippen MR) is 87.9 cm³/mol. The number of hydrogen-bond acceptors (Lipinski definition) is 3. The van der Waals surface area contributed by atoms with Crippen LogP contribution >= 0.6 is 11.6 Å². The maximum absolute atomic E-state index is 12.1. The van der Waals surface area contributed by atoms with E-state index in [0.717, 1.165) is 0 Å². The smallest absolute Gasteiger partial charge is 0.251 e. The van der Waals surface area contributed by atoms with Gasteiger partial charge in [0.25, 0.3) is 5.91 Å². The molecule has 120 valence electrons. The molecule has 2 amide bonds. The number of primary amides is 1. The lowest BCUT2D eigenvalue weighted by Crippen LogP contribution is -2.45. The van der Waals surface area contributed by atoms with E-state index in [2.05, 4.69) is 10.3 Å². The highest BCUT2D eigenvalue weighted by atomic mass is 35.5. The SMILES string of the molecule is CC(CN=C(N)CCl)CC(NC(=O)c1ccccc1)C(N)=O. The van der Waals surface area contributed by atoms with E-state index in [1.54, 1.807) is 24.3 Å². The van der Waals surface area contributed by atoms with Gasteiger partial charge in [0.2, 0.25) is 5.91 Å². The van der Waals surface area contributed by atoms with Gasteiger partial charge in [-0.25, -0.2) is 0 Å². The van der Waals surface area contributed by atoms with Crippen LogP contribution in [0.3, 0.4) is 0 Å². The molecule has 0 aliphatic rings. The summed E-state index contributed by atoms with van der Waals surface area (Å²) in [5.41, 5.74) is 11.4. The molecule has 1 aromatic rings. The summed E-state index contributed by atoms with van der Waals surface area (Å²) >= 11 is 5.54. The quantitative estimate of drug-likeness (QED) is 0.375. The van der Waals surface area contributed by atoms with Crippen LogP contribution in [0.1, 0.15) is 23.7 Å². The topological polar surface area (TPSA) is 111 Å². The standard InChI is InChI=1S/C15H21ClN4O2/c1-10(9-19-13(17)8-16)7-12(14(18)21)20-15(22)11-5-3-2-4-6-11/h2-6,10,12H,7-9H2,1H3,(H2,17,19)(H2,18,21)(H,20,22). The van der Waals surface area contributed by atoms with E-state index in [4.69, 9.17) is 23.1 Å². The minimum atomic E-state index is -0.755. The molecule has 6 nitrogen and oxygen atoms in total. The number of amidine groups is 1. The lowest BCUT2D eigenvalue weighted by atomic mass is 10.0. The average Bonchev–Trinajstić information content (AvgIpc) is 2.52. The van der Waals surface area contributed by atoms with Gasteiger partial charge in [-0.15, -0.1) is 11.6 Å². The Hall–Kier alpha value is -2.08. The molecule has 1 rings (SSSR count). The molecular weight excluding hydrogens is 304 g/mol. The molecule has 0 aliphatic carbocycles. The first-order chi connectivity index (χ1) is 10.4. The average molecular weight is 325 g/mol. The number of halogens is 1. The van der Waals surface area contributed by atoms with Crippen molar-refractivity contribution in [2.75, 3.05) is 12.4 Å². The van der Waals surface area contributed by atoms with Gasteiger partial charge in [-0.2, -0.15) is 0 Å². The van der Waals surface area contributed by atoms with Crippen LogP contribution < -0.4 is 16.8 Å². The Morgan fingerprint density at radius 1 is 1.27 bits per heavy atom. The molecule has 2 unspecified atom stereocenters. The number of carbonyl (C=O) groups is 2. The van der Waals surface area contributed by atoms with Crippen LogP contribution in [0.4, 0.5) is 0 Å². The van der Waals surface area contributed by atoms with Gasteiger partial charge in [0.1, 0.15) is 11.9 Å². The van der Waals surface area contributed by atoms with Crippen molar-refractivity contribution < 1.29 is 9.59 Å². The van der Waals surface area contributed by atoms with Crippen molar-refractivity contribution >= 4 is 29.3 Å². The highest BCUT2D eigenvalue weighted by Crippen LogP contribution is 2.08. The predicted octanol–water partition coefficient (Wildman–Crippen LogP) is 0.892. The fourth-order valence-electron chi connectivity index (χ4n) is 1.87. The Balaban J connectivity index is 2.62. The first kappa shape index (κ1) is 18.0. The second-order valence-corrected chi connectivity index (χ2v) is 5.37. The summed E-state index contributed by atoms with van der Waals surface area (Å²) in [5, 5.41) is 2.65. The number of amides is 2. The van der Waals surface area contributed by atoms with Crippen molar-refractivity contribution in [1.82, 2.24) is 5.32 Å². The molecule has 0 fully saturated rings. The molecular formula is C15H21ClN4O2. The van der Waals surface area contributed by atoms with Gasteiger partial charge >= 0.3 is 0 Å². The molecule has 0 radical (unpaired) electrons. The number of nitrogens with one attached hydrogen (secondary N) is 1. The van der Waals surface area contributed by atoms with E-state index < -0.39 is 11.9 Å². The summed E-state index contributed by atoms with van der Waals surface area (Å²) in [4.78, 5) is 27.7. The van der Waals surface area contributed by atoms with Crippen LogP contribution in [0.5, 0.6) is 0 Å². The molecule has 0 saturated heterocycles. The van der Waals surface area contributed by atoms with Gasteiger partial charge in [-0.3, -0.25) is 14.6 Å². The lowest BCUT2D eigenvalue weighted by molar-refractivity contribution is -0.120. The molecule has 0 bridgehead atoms. The molecule has 7 heteroatoms. The lowest BCUT2D eigenvalue weighted by Gasteiger charge is -2.19. The fourth-order valence-corrected chi connectivity index (χ4v) is 1.95. The van der Waals surface area contributed by atoms with Crippen molar-refractivity contribution in [2.45, 2.75) is 19.4 Å². The van der Waals surface area contributed by atoms with Gasteiger partial charge in [0.15, 0.2) is 0 Å². The van der Waals surface area contributed by atoms with Gasteiger partial charge in [-0.05, 0) is 24.5 Å². The second kappa shape index (κ2) is 9.04. The molecule has 0 heterocycles. The number of aliphatic imine (C=N–C) groups is 1. The van der Waals surface area contributed by atoms with E-state index in [9.17, 15) is 9.59 Å². The zero-order chi connectivity index (χ0) is 16.5. The van der Waals surface area contributed by atoms with Crippen LogP contribution in [0.2, 0.25) is 0 Å². The summed E-state index contributed by atoms with van der Waals surface area (Å²) < 4.78 is 0. The molecule has 0 spiro atoms. The van der Waals surface area contributed by atoms with E-state index in [-0.39, 0.29) is 17.7 Å². The van der Waals surface area contributed by atoms with Crippen LogP contribution in [-0.2, 0) is 4.79 Å². The molecule has 0 aliphatic heterocycles. The Morgan fingerprint density at radius 2 is 1.91 bits per heavy atom. The molecule has 1 aromatic carbocycles. The van der Waals surface area contributed by atoms with Gasteiger partial charge in [-0.1, -0.05) is 25.1 Å². The Labute approximate surface area is 134 Å². The summed E-state index contributed by atoms with van der Waals surface area (Å²) in [7, 11) is 0. The van der Waals surface area contributed by atoms with E-state index >= 15 is 0 Å². The molecule has 22 heavy (non-hydrogen) atoms. The summed E-state index contributed by atoms with van der Waals surface area (Å²) in [6.07, 6.45) is 0.382. The van der Waals surface area contributed by atoms with Crippen LogP contribution in [-0.4, -0.2) is 36.1 Å². The zero-order valence-electron chi connectivity index (χ0n) is 12.5. The summed E-state index contributed by atoms with van der Waals surface area (Å²) in [6.45, 7) is 2.32. The summed E-state index contributed by atoms with van der Waals surface area (Å²) in [5.74, 6) is -0.380. The number of alkyl halides is 1. The third-order valence-electron chi connectivity index (χ3n) is 3.07. The molecule has 0 saturated carbocycles. The van der Waals surface area contributed by atoms with Gasteiger partial charge in [0.05, 0.1) is 5.88 Å². The molecule has 2 atom stereocenters. The highest BCUT2D eigenvalue weighted by molar-refractivity contribution is 6.27. The van der Waals surface area contributed by atoms with Crippen molar-refractivity contribution in [2.24, 2.45) is 22.4 Å². The van der Waals surface area contributed by atoms with E-state index in [1.165, 1.54) is 0 Å². The normalized spacial score (nSPS) is 14.2. The Bertz CT molecular complexity index is 534. The van der Waals surface area contributed by atoms with Gasteiger partial charge in [0, 0.05) is 12.1 Å². The molecule has 5 N–H and O–H groups in total. The number of carbonyl (C=O) groups excluding carboxylic acids is 2. The zero-order valence-corrected chi connectivity index (χ0v) is 13.2.